The monoisotopic (exact) mass is 483 g/mol. The number of carbonyl (C=O) groups excluding carboxylic acids is 1. The number of nitrogens with zero attached hydrogens (tertiary/aromatic N) is 1. The van der Waals surface area contributed by atoms with Gasteiger partial charge in [-0.05, 0) is 78.3 Å². The van der Waals surface area contributed by atoms with Gasteiger partial charge >= 0.3 is 5.97 Å². The number of ether oxygens (including phenoxy) is 3. The summed E-state index contributed by atoms with van der Waals surface area (Å²) in [5.41, 5.74) is 4.36. The molecule has 0 amide bonds. The van der Waals surface area contributed by atoms with Crippen molar-refractivity contribution >= 4 is 16.7 Å². The van der Waals surface area contributed by atoms with Crippen LogP contribution in [0.15, 0.2) is 84.9 Å². The Labute approximate surface area is 213 Å². The Bertz CT molecular complexity index is 1300. The maximum Gasteiger partial charge on any atom is 0.344 e. The lowest BCUT2D eigenvalue weighted by atomic mass is 9.97. The molecule has 0 aromatic heterocycles. The zero-order valence-corrected chi connectivity index (χ0v) is 21.2. The normalized spacial score (nSPS) is 11.0. The fourth-order valence-corrected chi connectivity index (χ4v) is 4.04. The van der Waals surface area contributed by atoms with Crippen molar-refractivity contribution in [2.24, 2.45) is 0 Å². The molecule has 0 unspecified atom stereocenters. The van der Waals surface area contributed by atoms with E-state index in [-0.39, 0.29) is 12.6 Å². The molecule has 0 aliphatic heterocycles. The Morgan fingerprint density at radius 1 is 0.806 bits per heavy atom. The van der Waals surface area contributed by atoms with Gasteiger partial charge in [0, 0.05) is 13.0 Å². The molecule has 0 fully saturated rings. The molecule has 0 bridgehead atoms. The Morgan fingerprint density at radius 2 is 1.56 bits per heavy atom. The van der Waals surface area contributed by atoms with E-state index in [9.17, 15) is 4.79 Å². The third-order valence-electron chi connectivity index (χ3n) is 5.91. The first kappa shape index (κ1) is 25.3. The van der Waals surface area contributed by atoms with Gasteiger partial charge < -0.3 is 19.1 Å². The van der Waals surface area contributed by atoms with Crippen LogP contribution in [0, 0.1) is 0 Å². The number of esters is 1. The molecule has 0 heterocycles. The van der Waals surface area contributed by atoms with Gasteiger partial charge in [-0.3, -0.25) is 0 Å². The Kier molecular flexibility index (Phi) is 8.58. The molecular weight excluding hydrogens is 450 g/mol. The average molecular weight is 484 g/mol. The molecule has 0 spiro atoms. The van der Waals surface area contributed by atoms with Gasteiger partial charge in [0.1, 0.15) is 18.1 Å². The molecule has 186 valence electrons. The lowest BCUT2D eigenvalue weighted by molar-refractivity contribution is -0.145. The van der Waals surface area contributed by atoms with Gasteiger partial charge in [-0.25, -0.2) is 4.79 Å². The molecule has 5 heteroatoms. The summed E-state index contributed by atoms with van der Waals surface area (Å²) in [5, 5.41) is 2.41. The lowest BCUT2D eigenvalue weighted by Gasteiger charge is -2.14. The van der Waals surface area contributed by atoms with Crippen LogP contribution >= 0.6 is 0 Å². The summed E-state index contributed by atoms with van der Waals surface area (Å²) in [6, 6.07) is 29.0. The highest BCUT2D eigenvalue weighted by atomic mass is 16.6. The van der Waals surface area contributed by atoms with Gasteiger partial charge in [-0.1, -0.05) is 60.7 Å². The quantitative estimate of drug-likeness (QED) is 0.246. The minimum Gasteiger partial charge on any atom is -0.492 e. The van der Waals surface area contributed by atoms with Gasteiger partial charge in [0.25, 0.3) is 0 Å². The number of carbonyl (C=O) groups is 1. The van der Waals surface area contributed by atoms with Crippen LogP contribution in [0.4, 0.5) is 0 Å². The summed E-state index contributed by atoms with van der Waals surface area (Å²) in [6.07, 6.45) is 0.683. The molecule has 0 aliphatic carbocycles. The van der Waals surface area contributed by atoms with Crippen LogP contribution in [0.3, 0.4) is 0 Å². The standard InChI is InChI=1S/C31H33NO4/c1-4-34-31(33)22-36-30-16-13-27(25-11-14-29(15-12-25)35-18-17-32(2)3)21-28(30)20-23-9-10-24-7-5-6-8-26(24)19-23/h5-16,19,21H,4,17-18,20,22H2,1-3H3. The first-order chi connectivity index (χ1) is 17.5. The van der Waals surface area contributed by atoms with E-state index in [1.54, 1.807) is 6.92 Å². The number of benzene rings is 4. The Hall–Kier alpha value is -3.83. The van der Waals surface area contributed by atoms with E-state index in [1.807, 2.05) is 44.4 Å². The van der Waals surface area contributed by atoms with Crippen molar-refractivity contribution in [1.82, 2.24) is 4.90 Å². The zero-order valence-electron chi connectivity index (χ0n) is 21.2. The molecule has 36 heavy (non-hydrogen) atoms. The molecule has 4 rings (SSSR count). The van der Waals surface area contributed by atoms with Crippen molar-refractivity contribution in [3.63, 3.8) is 0 Å². The van der Waals surface area contributed by atoms with Crippen molar-refractivity contribution in [1.29, 1.82) is 0 Å². The van der Waals surface area contributed by atoms with Crippen LogP contribution in [0.1, 0.15) is 18.1 Å². The minimum absolute atomic E-state index is 0.114. The molecule has 4 aromatic carbocycles. The van der Waals surface area contributed by atoms with Crippen LogP contribution in [0.2, 0.25) is 0 Å². The van der Waals surface area contributed by atoms with Gasteiger partial charge in [0.15, 0.2) is 6.61 Å². The highest BCUT2D eigenvalue weighted by Gasteiger charge is 2.11. The Balaban J connectivity index is 1.58. The summed E-state index contributed by atoms with van der Waals surface area (Å²) in [7, 11) is 4.06. The van der Waals surface area contributed by atoms with E-state index < -0.39 is 0 Å². The van der Waals surface area contributed by atoms with Gasteiger partial charge in [0.2, 0.25) is 0 Å². The second-order valence-electron chi connectivity index (χ2n) is 8.95. The smallest absolute Gasteiger partial charge is 0.344 e. The van der Waals surface area contributed by atoms with E-state index in [4.69, 9.17) is 14.2 Å². The Morgan fingerprint density at radius 3 is 2.31 bits per heavy atom. The predicted molar refractivity (Wildman–Crippen MR) is 145 cm³/mol. The van der Waals surface area contributed by atoms with Crippen LogP contribution in [-0.2, 0) is 16.0 Å². The third kappa shape index (κ3) is 6.86. The lowest BCUT2D eigenvalue weighted by Crippen LogP contribution is -2.19. The second kappa shape index (κ2) is 12.2. The first-order valence-corrected chi connectivity index (χ1v) is 12.3. The maximum absolute atomic E-state index is 11.9. The molecular formula is C31H33NO4. The van der Waals surface area contributed by atoms with E-state index in [1.165, 1.54) is 16.3 Å². The maximum atomic E-state index is 11.9. The fraction of sp³-hybridized carbons (Fsp3) is 0.258. The fourth-order valence-electron chi connectivity index (χ4n) is 4.04. The van der Waals surface area contributed by atoms with Crippen LogP contribution in [0.5, 0.6) is 11.5 Å². The van der Waals surface area contributed by atoms with Crippen molar-refractivity contribution < 1.29 is 19.0 Å². The van der Waals surface area contributed by atoms with Crippen molar-refractivity contribution in [3.05, 3.63) is 96.1 Å². The summed E-state index contributed by atoms with van der Waals surface area (Å²) >= 11 is 0. The molecule has 4 aromatic rings. The molecule has 0 saturated carbocycles. The number of hydrogen-bond donors (Lipinski definition) is 0. The molecule has 0 aliphatic rings. The highest BCUT2D eigenvalue weighted by molar-refractivity contribution is 5.83. The number of hydrogen-bond acceptors (Lipinski definition) is 5. The third-order valence-corrected chi connectivity index (χ3v) is 5.91. The number of rotatable bonds is 11. The van der Waals surface area contributed by atoms with Crippen molar-refractivity contribution in [3.8, 4) is 22.6 Å². The van der Waals surface area contributed by atoms with E-state index in [0.717, 1.165) is 29.0 Å². The average Bonchev–Trinajstić information content (AvgIpc) is 2.88. The number of fused-ring (bicyclic) bond motifs is 1. The second-order valence-corrected chi connectivity index (χ2v) is 8.95. The molecule has 5 nitrogen and oxygen atoms in total. The van der Waals surface area contributed by atoms with Crippen LogP contribution in [0.25, 0.3) is 21.9 Å². The molecule has 0 radical (unpaired) electrons. The summed E-state index contributed by atoms with van der Waals surface area (Å²) in [4.78, 5) is 14.0. The summed E-state index contributed by atoms with van der Waals surface area (Å²) in [5.74, 6) is 1.16. The van der Waals surface area contributed by atoms with Gasteiger partial charge in [-0.2, -0.15) is 0 Å². The highest BCUT2D eigenvalue weighted by Crippen LogP contribution is 2.30. The molecule has 0 saturated heterocycles. The minimum atomic E-state index is -0.372. The summed E-state index contributed by atoms with van der Waals surface area (Å²) in [6.45, 7) is 3.52. The van der Waals surface area contributed by atoms with Gasteiger partial charge in [-0.15, -0.1) is 0 Å². The first-order valence-electron chi connectivity index (χ1n) is 12.3. The molecule has 0 N–H and O–H groups in total. The largest absolute Gasteiger partial charge is 0.492 e. The van der Waals surface area contributed by atoms with Gasteiger partial charge in [0.05, 0.1) is 6.61 Å². The van der Waals surface area contributed by atoms with Crippen LogP contribution in [-0.4, -0.2) is 51.3 Å². The van der Waals surface area contributed by atoms with Crippen LogP contribution < -0.4 is 9.47 Å². The topological polar surface area (TPSA) is 48.0 Å². The van der Waals surface area contributed by atoms with Crippen molar-refractivity contribution in [2.75, 3.05) is 40.5 Å². The predicted octanol–water partition coefficient (Wildman–Crippen LogP) is 5.98. The van der Waals surface area contributed by atoms with E-state index in [2.05, 4.69) is 59.5 Å². The van der Waals surface area contributed by atoms with E-state index >= 15 is 0 Å². The zero-order chi connectivity index (χ0) is 25.3. The SMILES string of the molecule is CCOC(=O)COc1ccc(-c2ccc(OCCN(C)C)cc2)cc1Cc1ccc2ccccc2c1. The van der Waals surface area contributed by atoms with Crippen molar-refractivity contribution in [2.45, 2.75) is 13.3 Å². The number of likely N-dealkylation sites (N-methyl/N-ethyl adjacent to an activating group) is 1. The van der Waals surface area contributed by atoms with E-state index in [0.29, 0.717) is 25.4 Å². The summed E-state index contributed by atoms with van der Waals surface area (Å²) < 4.78 is 16.8. The molecule has 0 atom stereocenters.